The number of rotatable bonds is 4. The standard InChI is InChI=1S/C16H19Cl2N3O4/c1-2-25-16(24)21-8-6-20(7-9-21)14(23)10-13(22)19-12-5-3-4-11(17)15(12)18/h3-5H,2,6-10H2,1H3,(H,19,22). The maximum atomic E-state index is 12.2. The molecule has 0 saturated carbocycles. The highest BCUT2D eigenvalue weighted by Crippen LogP contribution is 2.29. The van der Waals surface area contributed by atoms with Crippen LogP contribution in [0.1, 0.15) is 13.3 Å². The summed E-state index contributed by atoms with van der Waals surface area (Å²) >= 11 is 11.9. The second-order valence-corrected chi connectivity index (χ2v) is 6.18. The summed E-state index contributed by atoms with van der Waals surface area (Å²) in [6.07, 6.45) is -0.689. The van der Waals surface area contributed by atoms with Crippen molar-refractivity contribution in [2.75, 3.05) is 38.1 Å². The molecule has 0 unspecified atom stereocenters. The molecule has 1 aliphatic rings. The Labute approximate surface area is 155 Å². The van der Waals surface area contributed by atoms with Gasteiger partial charge < -0.3 is 19.9 Å². The minimum atomic E-state index is -0.470. The Hall–Kier alpha value is -1.99. The van der Waals surface area contributed by atoms with Crippen molar-refractivity contribution in [2.24, 2.45) is 0 Å². The molecule has 0 spiro atoms. The SMILES string of the molecule is CCOC(=O)N1CCN(C(=O)CC(=O)Nc2cccc(Cl)c2Cl)CC1. The van der Waals surface area contributed by atoms with Crippen LogP contribution in [-0.2, 0) is 14.3 Å². The lowest BCUT2D eigenvalue weighted by Gasteiger charge is -2.34. The zero-order valence-electron chi connectivity index (χ0n) is 13.8. The van der Waals surface area contributed by atoms with Gasteiger partial charge in [0, 0.05) is 26.2 Å². The molecule has 7 nitrogen and oxygen atoms in total. The van der Waals surface area contributed by atoms with Crippen LogP contribution >= 0.6 is 23.2 Å². The maximum Gasteiger partial charge on any atom is 0.409 e. The number of hydrogen-bond acceptors (Lipinski definition) is 4. The van der Waals surface area contributed by atoms with Gasteiger partial charge in [0.1, 0.15) is 6.42 Å². The van der Waals surface area contributed by atoms with E-state index < -0.39 is 5.91 Å². The Morgan fingerprint density at radius 3 is 2.40 bits per heavy atom. The molecule has 1 heterocycles. The lowest BCUT2D eigenvalue weighted by molar-refractivity contribution is -0.135. The van der Waals surface area contributed by atoms with Crippen molar-refractivity contribution in [3.05, 3.63) is 28.2 Å². The van der Waals surface area contributed by atoms with E-state index in [1.165, 1.54) is 0 Å². The summed E-state index contributed by atoms with van der Waals surface area (Å²) in [7, 11) is 0. The van der Waals surface area contributed by atoms with Gasteiger partial charge in [-0.1, -0.05) is 29.3 Å². The molecule has 1 aliphatic heterocycles. The summed E-state index contributed by atoms with van der Waals surface area (Å²) in [5, 5.41) is 3.13. The number of ether oxygens (including phenoxy) is 1. The van der Waals surface area contributed by atoms with Gasteiger partial charge in [-0.2, -0.15) is 0 Å². The van der Waals surface area contributed by atoms with Crippen LogP contribution in [0.4, 0.5) is 10.5 Å². The summed E-state index contributed by atoms with van der Waals surface area (Å²) in [5.74, 6) is -0.777. The number of piperazine rings is 1. The van der Waals surface area contributed by atoms with Crippen molar-refractivity contribution in [2.45, 2.75) is 13.3 Å². The Kier molecular flexibility index (Phi) is 6.90. The van der Waals surface area contributed by atoms with Crippen LogP contribution in [0.25, 0.3) is 0 Å². The molecule has 0 bridgehead atoms. The molecule has 0 aromatic heterocycles. The smallest absolute Gasteiger partial charge is 0.409 e. The third-order valence-electron chi connectivity index (χ3n) is 3.70. The molecule has 2 rings (SSSR count). The van der Waals surface area contributed by atoms with Gasteiger partial charge in [-0.05, 0) is 19.1 Å². The molecule has 1 aromatic rings. The molecule has 1 saturated heterocycles. The minimum Gasteiger partial charge on any atom is -0.450 e. The molecule has 1 N–H and O–H groups in total. The minimum absolute atomic E-state index is 0.230. The highest BCUT2D eigenvalue weighted by molar-refractivity contribution is 6.44. The molecular weight excluding hydrogens is 369 g/mol. The zero-order valence-corrected chi connectivity index (χ0v) is 15.3. The Morgan fingerprint density at radius 1 is 1.12 bits per heavy atom. The largest absolute Gasteiger partial charge is 0.450 e. The first-order chi connectivity index (χ1) is 11.9. The van der Waals surface area contributed by atoms with Crippen molar-refractivity contribution in [3.8, 4) is 0 Å². The first kappa shape index (κ1) is 19.3. The topological polar surface area (TPSA) is 79.0 Å². The molecule has 1 fully saturated rings. The normalized spacial score (nSPS) is 14.2. The van der Waals surface area contributed by atoms with E-state index in [1.54, 1.807) is 34.9 Å². The monoisotopic (exact) mass is 387 g/mol. The summed E-state index contributed by atoms with van der Waals surface area (Å²) in [6, 6.07) is 4.86. The van der Waals surface area contributed by atoms with Gasteiger partial charge in [0.15, 0.2) is 0 Å². The Morgan fingerprint density at radius 2 is 1.76 bits per heavy atom. The van der Waals surface area contributed by atoms with E-state index >= 15 is 0 Å². The molecule has 0 aliphatic carbocycles. The lowest BCUT2D eigenvalue weighted by atomic mass is 10.2. The van der Waals surface area contributed by atoms with Gasteiger partial charge in [-0.25, -0.2) is 4.79 Å². The first-order valence-corrected chi connectivity index (χ1v) is 8.61. The van der Waals surface area contributed by atoms with Crippen molar-refractivity contribution >= 4 is 46.8 Å². The second kappa shape index (κ2) is 8.92. The Balaban J connectivity index is 1.83. The number of hydrogen-bond donors (Lipinski definition) is 1. The van der Waals surface area contributed by atoms with E-state index in [2.05, 4.69) is 5.32 Å². The highest BCUT2D eigenvalue weighted by atomic mass is 35.5. The van der Waals surface area contributed by atoms with Crippen molar-refractivity contribution in [3.63, 3.8) is 0 Å². The van der Waals surface area contributed by atoms with Crippen molar-refractivity contribution < 1.29 is 19.1 Å². The lowest BCUT2D eigenvalue weighted by Crippen LogP contribution is -2.51. The Bertz CT molecular complexity index is 661. The second-order valence-electron chi connectivity index (χ2n) is 5.39. The number of carbonyl (C=O) groups is 3. The quantitative estimate of drug-likeness (QED) is 0.805. The van der Waals surface area contributed by atoms with Crippen LogP contribution in [-0.4, -0.2) is 60.5 Å². The van der Waals surface area contributed by atoms with Crippen molar-refractivity contribution in [1.29, 1.82) is 0 Å². The number of anilines is 1. The zero-order chi connectivity index (χ0) is 18.4. The van der Waals surface area contributed by atoms with Crippen LogP contribution in [0.2, 0.25) is 10.0 Å². The van der Waals surface area contributed by atoms with E-state index in [1.807, 2.05) is 0 Å². The van der Waals surface area contributed by atoms with Crippen LogP contribution in [0.5, 0.6) is 0 Å². The predicted molar refractivity (Wildman–Crippen MR) is 94.9 cm³/mol. The van der Waals surface area contributed by atoms with Gasteiger partial charge in [0.05, 0.1) is 22.3 Å². The fourth-order valence-corrected chi connectivity index (χ4v) is 2.74. The van der Waals surface area contributed by atoms with Gasteiger partial charge in [0.2, 0.25) is 11.8 Å². The van der Waals surface area contributed by atoms with E-state index in [0.29, 0.717) is 43.5 Å². The average molecular weight is 388 g/mol. The molecule has 25 heavy (non-hydrogen) atoms. The number of amides is 3. The fraction of sp³-hybridized carbons (Fsp3) is 0.438. The number of carbonyl (C=O) groups excluding carboxylic acids is 3. The summed E-state index contributed by atoms with van der Waals surface area (Å²) < 4.78 is 4.92. The van der Waals surface area contributed by atoms with Gasteiger partial charge in [-0.15, -0.1) is 0 Å². The van der Waals surface area contributed by atoms with Crippen LogP contribution in [0.15, 0.2) is 18.2 Å². The van der Waals surface area contributed by atoms with Gasteiger partial charge >= 0.3 is 6.09 Å². The molecule has 1 aromatic carbocycles. The van der Waals surface area contributed by atoms with E-state index in [-0.39, 0.29) is 23.4 Å². The van der Waals surface area contributed by atoms with Crippen LogP contribution in [0.3, 0.4) is 0 Å². The highest BCUT2D eigenvalue weighted by Gasteiger charge is 2.26. The predicted octanol–water partition coefficient (Wildman–Crippen LogP) is 2.62. The number of nitrogens with zero attached hydrogens (tertiary/aromatic N) is 2. The van der Waals surface area contributed by atoms with Crippen LogP contribution in [0, 0.1) is 0 Å². The third-order valence-corrected chi connectivity index (χ3v) is 4.51. The van der Waals surface area contributed by atoms with Gasteiger partial charge in [0.25, 0.3) is 0 Å². The summed E-state index contributed by atoms with van der Waals surface area (Å²) in [5.41, 5.74) is 0.360. The van der Waals surface area contributed by atoms with Gasteiger partial charge in [-0.3, -0.25) is 9.59 Å². The first-order valence-electron chi connectivity index (χ1n) is 7.85. The molecule has 0 atom stereocenters. The van der Waals surface area contributed by atoms with Crippen LogP contribution < -0.4 is 5.32 Å². The molecule has 0 radical (unpaired) electrons. The third kappa shape index (κ3) is 5.24. The number of benzene rings is 1. The summed E-state index contributed by atoms with van der Waals surface area (Å²) in [4.78, 5) is 39.0. The number of halogens is 2. The number of nitrogens with one attached hydrogen (secondary N) is 1. The molecule has 9 heteroatoms. The average Bonchev–Trinajstić information content (AvgIpc) is 2.59. The van der Waals surface area contributed by atoms with Crippen molar-refractivity contribution in [1.82, 2.24) is 9.80 Å². The van der Waals surface area contributed by atoms with E-state index in [9.17, 15) is 14.4 Å². The van der Waals surface area contributed by atoms with E-state index in [4.69, 9.17) is 27.9 Å². The molecular formula is C16H19Cl2N3O4. The maximum absolute atomic E-state index is 12.2. The fourth-order valence-electron chi connectivity index (χ4n) is 2.40. The molecule has 3 amide bonds. The molecule has 136 valence electrons. The summed E-state index contributed by atoms with van der Waals surface area (Å²) in [6.45, 7) is 3.54. The van der Waals surface area contributed by atoms with E-state index in [0.717, 1.165) is 0 Å².